The third-order valence-corrected chi connectivity index (χ3v) is 3.96. The summed E-state index contributed by atoms with van der Waals surface area (Å²) in [4.78, 5) is 4.24. The molecule has 2 nitrogen and oxygen atoms in total. The van der Waals surface area contributed by atoms with Crippen LogP contribution >= 0.6 is 11.6 Å². The van der Waals surface area contributed by atoms with Crippen molar-refractivity contribution in [1.29, 1.82) is 0 Å². The molecule has 14 heavy (non-hydrogen) atoms. The Hall–Kier alpha value is -0.760. The molecule has 0 aliphatic heterocycles. The zero-order valence-corrected chi connectivity index (χ0v) is 8.79. The Morgan fingerprint density at radius 1 is 1.43 bits per heavy atom. The van der Waals surface area contributed by atoms with E-state index in [1.54, 1.807) is 7.11 Å². The number of methoxy groups -OCH3 is 1. The molecule has 0 radical (unpaired) electrons. The molecule has 3 unspecified atom stereocenters. The van der Waals surface area contributed by atoms with Crippen molar-refractivity contribution in [2.24, 2.45) is 0 Å². The van der Waals surface area contributed by atoms with E-state index in [0.29, 0.717) is 17.2 Å². The molecule has 1 aromatic rings. The normalized spacial score (nSPS) is 33.1. The van der Waals surface area contributed by atoms with Crippen LogP contribution in [0.2, 0.25) is 0 Å². The van der Waals surface area contributed by atoms with Gasteiger partial charge in [0.25, 0.3) is 0 Å². The highest BCUT2D eigenvalue weighted by atomic mass is 35.5. The monoisotopic (exact) mass is 209 g/mol. The molecule has 2 aliphatic carbocycles. The number of fused-ring (bicyclic) bond motifs is 5. The first-order chi connectivity index (χ1) is 6.79. The molecular formula is C11H12ClNO. The van der Waals surface area contributed by atoms with Crippen molar-refractivity contribution in [3.63, 3.8) is 0 Å². The summed E-state index contributed by atoms with van der Waals surface area (Å²) >= 11 is 6.25. The molecule has 2 bridgehead atoms. The van der Waals surface area contributed by atoms with Crippen molar-refractivity contribution in [2.75, 3.05) is 7.11 Å². The molecule has 1 heterocycles. The van der Waals surface area contributed by atoms with Gasteiger partial charge in [-0.05, 0) is 29.9 Å². The molecule has 3 rings (SSSR count). The average molecular weight is 210 g/mol. The fraction of sp³-hybridized carbons (Fsp3) is 0.545. The smallest absolute Gasteiger partial charge is 0.213 e. The van der Waals surface area contributed by atoms with Crippen LogP contribution in [0.15, 0.2) is 12.3 Å². The molecule has 3 atom stereocenters. The SMILES string of the molecule is COc1cc2c(cn1)C1CC2CC1Cl. The maximum Gasteiger partial charge on any atom is 0.213 e. The predicted octanol–water partition coefficient (Wildman–Crippen LogP) is 2.67. The summed E-state index contributed by atoms with van der Waals surface area (Å²) in [5.74, 6) is 1.91. The second-order valence-electron chi connectivity index (χ2n) is 4.15. The van der Waals surface area contributed by atoms with Crippen LogP contribution in [0.4, 0.5) is 0 Å². The Bertz CT molecular complexity index is 380. The molecule has 2 aliphatic rings. The van der Waals surface area contributed by atoms with Gasteiger partial charge in [-0.25, -0.2) is 4.98 Å². The summed E-state index contributed by atoms with van der Waals surface area (Å²) in [6, 6.07) is 2.07. The molecule has 1 fully saturated rings. The van der Waals surface area contributed by atoms with E-state index in [1.165, 1.54) is 17.5 Å². The first kappa shape index (κ1) is 8.54. The van der Waals surface area contributed by atoms with Gasteiger partial charge < -0.3 is 4.74 Å². The Morgan fingerprint density at radius 3 is 3.07 bits per heavy atom. The maximum atomic E-state index is 6.25. The first-order valence-corrected chi connectivity index (χ1v) is 5.41. The molecule has 0 amide bonds. The van der Waals surface area contributed by atoms with E-state index < -0.39 is 0 Å². The molecule has 0 aromatic carbocycles. The lowest BCUT2D eigenvalue weighted by Gasteiger charge is -2.19. The highest BCUT2D eigenvalue weighted by Gasteiger charge is 2.43. The van der Waals surface area contributed by atoms with Crippen molar-refractivity contribution in [3.8, 4) is 5.88 Å². The minimum Gasteiger partial charge on any atom is -0.481 e. The van der Waals surface area contributed by atoms with Gasteiger partial charge in [-0.3, -0.25) is 0 Å². The Morgan fingerprint density at radius 2 is 2.29 bits per heavy atom. The molecule has 0 N–H and O–H groups in total. The van der Waals surface area contributed by atoms with Crippen LogP contribution in [0.25, 0.3) is 0 Å². The fourth-order valence-electron chi connectivity index (χ4n) is 2.80. The van der Waals surface area contributed by atoms with Crippen LogP contribution in [0.1, 0.15) is 35.8 Å². The van der Waals surface area contributed by atoms with Crippen molar-refractivity contribution >= 4 is 11.6 Å². The van der Waals surface area contributed by atoms with E-state index in [-0.39, 0.29) is 0 Å². The molecule has 0 saturated heterocycles. The molecule has 3 heteroatoms. The van der Waals surface area contributed by atoms with Crippen LogP contribution in [0, 0.1) is 0 Å². The Labute approximate surface area is 88.2 Å². The number of alkyl halides is 1. The number of ether oxygens (including phenoxy) is 1. The number of rotatable bonds is 1. The average Bonchev–Trinajstić information content (AvgIpc) is 2.74. The number of halogens is 1. The van der Waals surface area contributed by atoms with E-state index in [0.717, 1.165) is 12.3 Å². The minimum absolute atomic E-state index is 0.322. The molecular weight excluding hydrogens is 198 g/mol. The van der Waals surface area contributed by atoms with Crippen molar-refractivity contribution in [3.05, 3.63) is 23.4 Å². The zero-order chi connectivity index (χ0) is 9.71. The van der Waals surface area contributed by atoms with Gasteiger partial charge in [-0.2, -0.15) is 0 Å². The number of pyridine rings is 1. The van der Waals surface area contributed by atoms with Gasteiger partial charge in [0.2, 0.25) is 5.88 Å². The highest BCUT2D eigenvalue weighted by Crippen LogP contribution is 2.55. The molecule has 74 valence electrons. The standard InChI is InChI=1S/C11H12ClNO/c1-14-11-4-7-6-2-8(10(12)3-6)9(7)5-13-11/h4-6,8,10H,2-3H2,1H3. The lowest BCUT2D eigenvalue weighted by atomic mass is 9.93. The lowest BCUT2D eigenvalue weighted by Crippen LogP contribution is -2.10. The van der Waals surface area contributed by atoms with E-state index in [4.69, 9.17) is 16.3 Å². The summed E-state index contributed by atoms with van der Waals surface area (Å²) in [6.45, 7) is 0. The van der Waals surface area contributed by atoms with Gasteiger partial charge in [0.15, 0.2) is 0 Å². The molecule has 1 aromatic heterocycles. The minimum atomic E-state index is 0.322. The van der Waals surface area contributed by atoms with Gasteiger partial charge in [-0.1, -0.05) is 0 Å². The van der Waals surface area contributed by atoms with Gasteiger partial charge >= 0.3 is 0 Å². The van der Waals surface area contributed by atoms with E-state index in [9.17, 15) is 0 Å². The number of nitrogens with zero attached hydrogens (tertiary/aromatic N) is 1. The van der Waals surface area contributed by atoms with Gasteiger partial charge in [0.1, 0.15) is 0 Å². The third kappa shape index (κ3) is 1.01. The number of aromatic nitrogens is 1. The predicted molar refractivity (Wildman–Crippen MR) is 55.1 cm³/mol. The van der Waals surface area contributed by atoms with Crippen LogP contribution in [0.3, 0.4) is 0 Å². The largest absolute Gasteiger partial charge is 0.481 e. The van der Waals surface area contributed by atoms with Gasteiger partial charge in [-0.15, -0.1) is 11.6 Å². The third-order valence-electron chi connectivity index (χ3n) is 3.48. The summed E-state index contributed by atoms with van der Waals surface area (Å²) in [5.41, 5.74) is 2.76. The molecule has 0 spiro atoms. The van der Waals surface area contributed by atoms with E-state index in [2.05, 4.69) is 11.1 Å². The van der Waals surface area contributed by atoms with Crippen LogP contribution < -0.4 is 4.74 Å². The topological polar surface area (TPSA) is 22.1 Å². The van der Waals surface area contributed by atoms with Crippen LogP contribution in [-0.4, -0.2) is 17.5 Å². The van der Waals surface area contributed by atoms with Crippen LogP contribution in [-0.2, 0) is 0 Å². The van der Waals surface area contributed by atoms with Gasteiger partial charge in [0.05, 0.1) is 7.11 Å². The van der Waals surface area contributed by atoms with Crippen LogP contribution in [0.5, 0.6) is 5.88 Å². The van der Waals surface area contributed by atoms with E-state index in [1.807, 2.05) is 6.20 Å². The van der Waals surface area contributed by atoms with Gasteiger partial charge in [0, 0.05) is 23.6 Å². The summed E-state index contributed by atoms with van der Waals surface area (Å²) in [5, 5.41) is 0.322. The summed E-state index contributed by atoms with van der Waals surface area (Å²) in [6.07, 6.45) is 4.26. The Balaban J connectivity index is 2.08. The van der Waals surface area contributed by atoms with Crippen molar-refractivity contribution < 1.29 is 4.74 Å². The number of hydrogen-bond acceptors (Lipinski definition) is 2. The maximum absolute atomic E-state index is 6.25. The first-order valence-electron chi connectivity index (χ1n) is 4.97. The summed E-state index contributed by atoms with van der Waals surface area (Å²) < 4.78 is 5.13. The highest BCUT2D eigenvalue weighted by molar-refractivity contribution is 6.21. The quantitative estimate of drug-likeness (QED) is 0.664. The molecule has 1 saturated carbocycles. The summed E-state index contributed by atoms with van der Waals surface area (Å²) in [7, 11) is 1.66. The second-order valence-corrected chi connectivity index (χ2v) is 4.71. The number of hydrogen-bond donors (Lipinski definition) is 0. The van der Waals surface area contributed by atoms with E-state index >= 15 is 0 Å². The Kier molecular flexibility index (Phi) is 1.75. The lowest BCUT2D eigenvalue weighted by molar-refractivity contribution is 0.396. The van der Waals surface area contributed by atoms with Crippen molar-refractivity contribution in [1.82, 2.24) is 4.98 Å². The zero-order valence-electron chi connectivity index (χ0n) is 8.03. The fourth-order valence-corrected chi connectivity index (χ4v) is 3.25. The second kappa shape index (κ2) is 2.86. The van der Waals surface area contributed by atoms with Crippen molar-refractivity contribution in [2.45, 2.75) is 30.1 Å².